The minimum Gasteiger partial charge on any atom is -0.289 e. The number of benzene rings is 3. The smallest absolute Gasteiger partial charge is 0.237 e. The first-order valence-electron chi connectivity index (χ1n) is 8.19. The van der Waals surface area contributed by atoms with E-state index in [1.165, 1.54) is 12.1 Å². The van der Waals surface area contributed by atoms with Gasteiger partial charge in [-0.25, -0.2) is 0 Å². The van der Waals surface area contributed by atoms with Gasteiger partial charge < -0.3 is 0 Å². The summed E-state index contributed by atoms with van der Waals surface area (Å²) in [5.74, 6) is 4.22. The van der Waals surface area contributed by atoms with Crippen molar-refractivity contribution in [2.45, 2.75) is 0 Å². The Balaban J connectivity index is 1.78. The molecule has 1 aliphatic carbocycles. The van der Waals surface area contributed by atoms with Crippen LogP contribution in [0.3, 0.4) is 0 Å². The van der Waals surface area contributed by atoms with Gasteiger partial charge in [-0.05, 0) is 30.2 Å². The molecule has 0 spiro atoms. The summed E-state index contributed by atoms with van der Waals surface area (Å²) in [6.07, 6.45) is 0. The number of carbonyl (C=O) groups is 3. The van der Waals surface area contributed by atoms with Crippen molar-refractivity contribution >= 4 is 29.0 Å². The highest BCUT2D eigenvalue weighted by Gasteiger charge is 2.31. The van der Waals surface area contributed by atoms with Crippen LogP contribution < -0.4 is 0 Å². The van der Waals surface area contributed by atoms with Gasteiger partial charge in [0.2, 0.25) is 5.78 Å². The Kier molecular flexibility index (Phi) is 4.19. The van der Waals surface area contributed by atoms with Crippen LogP contribution in [0.25, 0.3) is 0 Å². The first-order valence-corrected chi connectivity index (χ1v) is 8.57. The Morgan fingerprint density at radius 2 is 1.30 bits per heavy atom. The van der Waals surface area contributed by atoms with Gasteiger partial charge in [0.05, 0.1) is 10.6 Å². The number of hydrogen-bond donors (Lipinski definition) is 0. The molecule has 0 unspecified atom stereocenters. The molecule has 27 heavy (non-hydrogen) atoms. The van der Waals surface area contributed by atoms with E-state index in [2.05, 4.69) is 11.8 Å². The van der Waals surface area contributed by atoms with Crippen molar-refractivity contribution in [1.82, 2.24) is 0 Å². The fourth-order valence-electron chi connectivity index (χ4n) is 3.01. The summed E-state index contributed by atoms with van der Waals surface area (Å²) in [4.78, 5) is 38.0. The fourth-order valence-corrected chi connectivity index (χ4v) is 3.26. The van der Waals surface area contributed by atoms with E-state index in [-0.39, 0.29) is 33.3 Å². The second-order valence-corrected chi connectivity index (χ2v) is 6.43. The molecule has 0 atom stereocenters. The van der Waals surface area contributed by atoms with E-state index in [1.807, 2.05) is 18.2 Å². The van der Waals surface area contributed by atoms with Crippen LogP contribution in [0.4, 0.5) is 0 Å². The predicted molar refractivity (Wildman–Crippen MR) is 102 cm³/mol. The number of rotatable bonds is 1. The van der Waals surface area contributed by atoms with Crippen molar-refractivity contribution in [3.8, 4) is 11.8 Å². The van der Waals surface area contributed by atoms with Crippen LogP contribution in [0.15, 0.2) is 66.7 Å². The molecular weight excluding hydrogens is 360 g/mol. The van der Waals surface area contributed by atoms with Crippen LogP contribution in [0.1, 0.15) is 47.8 Å². The maximum atomic E-state index is 12.8. The molecule has 3 aromatic carbocycles. The first-order chi connectivity index (χ1) is 13.1. The summed E-state index contributed by atoms with van der Waals surface area (Å²) in [6.45, 7) is 0. The minimum atomic E-state index is -0.509. The molecule has 3 nitrogen and oxygen atoms in total. The molecule has 0 saturated heterocycles. The SMILES string of the molecule is O=C(C#Cc1ccccc1)c1cc2c(cc1Cl)C(=O)c1ccccc1C2=O. The van der Waals surface area contributed by atoms with Gasteiger partial charge in [-0.15, -0.1) is 0 Å². The second-order valence-electron chi connectivity index (χ2n) is 6.03. The van der Waals surface area contributed by atoms with Crippen LogP contribution in [0, 0.1) is 11.8 Å². The van der Waals surface area contributed by atoms with Crippen LogP contribution >= 0.6 is 11.6 Å². The molecule has 0 saturated carbocycles. The molecule has 128 valence electrons. The summed E-state index contributed by atoms with van der Waals surface area (Å²) >= 11 is 6.23. The van der Waals surface area contributed by atoms with Gasteiger partial charge in [-0.1, -0.05) is 60.0 Å². The number of carbonyl (C=O) groups excluding carboxylic acids is 3. The summed E-state index contributed by atoms with van der Waals surface area (Å²) in [5.41, 5.74) is 1.85. The summed E-state index contributed by atoms with van der Waals surface area (Å²) in [6, 6.07) is 18.4. The topological polar surface area (TPSA) is 51.2 Å². The van der Waals surface area contributed by atoms with Crippen molar-refractivity contribution in [1.29, 1.82) is 0 Å². The van der Waals surface area contributed by atoms with E-state index in [9.17, 15) is 14.4 Å². The third-order valence-electron chi connectivity index (χ3n) is 4.35. The maximum Gasteiger partial charge on any atom is 0.237 e. The fraction of sp³-hybridized carbons (Fsp3) is 0. The van der Waals surface area contributed by atoms with Crippen LogP contribution in [0.5, 0.6) is 0 Å². The Hall–Kier alpha value is -3.48. The molecule has 0 aliphatic heterocycles. The molecule has 4 heteroatoms. The number of Topliss-reactive ketones (excluding diaryl/α,β-unsaturated/α-hetero) is 1. The molecular formula is C23H11ClO3. The lowest BCUT2D eigenvalue weighted by atomic mass is 9.83. The highest BCUT2D eigenvalue weighted by molar-refractivity contribution is 6.37. The quantitative estimate of drug-likeness (QED) is 0.370. The van der Waals surface area contributed by atoms with E-state index in [4.69, 9.17) is 11.6 Å². The average molecular weight is 371 g/mol. The number of ketones is 3. The zero-order valence-corrected chi connectivity index (χ0v) is 14.7. The van der Waals surface area contributed by atoms with Gasteiger partial charge >= 0.3 is 0 Å². The third kappa shape index (κ3) is 2.97. The monoisotopic (exact) mass is 370 g/mol. The molecule has 0 bridgehead atoms. The Morgan fingerprint density at radius 3 is 1.93 bits per heavy atom. The van der Waals surface area contributed by atoms with Gasteiger partial charge in [-0.3, -0.25) is 14.4 Å². The molecule has 1 aliphatic rings. The Morgan fingerprint density at radius 1 is 0.741 bits per heavy atom. The first kappa shape index (κ1) is 17.0. The van der Waals surface area contributed by atoms with Gasteiger partial charge in [0.15, 0.2) is 11.6 Å². The number of fused-ring (bicyclic) bond motifs is 2. The molecule has 3 aromatic rings. The van der Waals surface area contributed by atoms with E-state index in [0.29, 0.717) is 16.7 Å². The Bertz CT molecular complexity index is 1180. The highest BCUT2D eigenvalue weighted by atomic mass is 35.5. The van der Waals surface area contributed by atoms with Crippen molar-refractivity contribution < 1.29 is 14.4 Å². The molecule has 0 heterocycles. The van der Waals surface area contributed by atoms with Crippen molar-refractivity contribution in [3.63, 3.8) is 0 Å². The predicted octanol–water partition coefficient (Wildman–Crippen LogP) is 4.35. The third-order valence-corrected chi connectivity index (χ3v) is 4.66. The maximum absolute atomic E-state index is 12.8. The van der Waals surface area contributed by atoms with E-state index >= 15 is 0 Å². The minimum absolute atomic E-state index is 0.0987. The van der Waals surface area contributed by atoms with Crippen molar-refractivity contribution in [2.75, 3.05) is 0 Å². The zero-order chi connectivity index (χ0) is 19.0. The molecule has 0 aromatic heterocycles. The lowest BCUT2D eigenvalue weighted by Crippen LogP contribution is -2.21. The van der Waals surface area contributed by atoms with Crippen molar-refractivity contribution in [3.05, 3.63) is 105 Å². The van der Waals surface area contributed by atoms with E-state index in [1.54, 1.807) is 36.4 Å². The summed E-state index contributed by atoms with van der Waals surface area (Å²) in [7, 11) is 0. The van der Waals surface area contributed by atoms with Gasteiger partial charge in [-0.2, -0.15) is 0 Å². The molecule has 4 rings (SSSR count). The molecule has 0 fully saturated rings. The van der Waals surface area contributed by atoms with Crippen LogP contribution in [0.2, 0.25) is 5.02 Å². The van der Waals surface area contributed by atoms with Gasteiger partial charge in [0.1, 0.15) is 0 Å². The summed E-state index contributed by atoms with van der Waals surface area (Å²) in [5, 5.41) is 0.0987. The van der Waals surface area contributed by atoms with Crippen molar-refractivity contribution in [2.24, 2.45) is 0 Å². The van der Waals surface area contributed by atoms with Crippen LogP contribution in [-0.4, -0.2) is 17.3 Å². The standard InChI is InChI=1S/C23H11ClO3/c24-20-13-18-17(22(26)15-8-4-5-9-16(15)23(18)27)12-19(20)21(25)11-10-14-6-2-1-3-7-14/h1-9,12-13H. The van der Waals surface area contributed by atoms with E-state index < -0.39 is 5.78 Å². The number of hydrogen-bond acceptors (Lipinski definition) is 3. The Labute approximate surface area is 160 Å². The molecule has 0 N–H and O–H groups in total. The molecule has 0 amide bonds. The molecule has 0 radical (unpaired) electrons. The van der Waals surface area contributed by atoms with Gasteiger partial charge in [0, 0.05) is 27.8 Å². The van der Waals surface area contributed by atoms with Crippen LogP contribution in [-0.2, 0) is 0 Å². The van der Waals surface area contributed by atoms with Gasteiger partial charge in [0.25, 0.3) is 0 Å². The number of halogens is 1. The zero-order valence-electron chi connectivity index (χ0n) is 14.0. The lowest BCUT2D eigenvalue weighted by molar-refractivity contribution is 0.0978. The van der Waals surface area contributed by atoms with E-state index in [0.717, 1.165) is 0 Å². The summed E-state index contributed by atoms with van der Waals surface area (Å²) < 4.78 is 0. The second kappa shape index (κ2) is 6.68. The highest BCUT2D eigenvalue weighted by Crippen LogP contribution is 2.31. The average Bonchev–Trinajstić information content (AvgIpc) is 2.70. The normalized spacial score (nSPS) is 11.9. The lowest BCUT2D eigenvalue weighted by Gasteiger charge is -2.18. The largest absolute Gasteiger partial charge is 0.289 e.